The standard InChI is InChI=1S/C24H22N4O4S2/c1-3-13-28-22(30)21-20(19(27-34-21)15-7-5-4-6-8-15)26-24(28)33-14-18(29)25-17-11-9-16(10-12-17)23(31)32-2/h4-12H,3,13-14H2,1-2H3,(H,25,29). The number of benzene rings is 2. The number of carbonyl (C=O) groups is 2. The Kier molecular flexibility index (Phi) is 7.39. The molecule has 4 aromatic rings. The summed E-state index contributed by atoms with van der Waals surface area (Å²) in [6, 6.07) is 16.0. The zero-order valence-electron chi connectivity index (χ0n) is 18.6. The summed E-state index contributed by atoms with van der Waals surface area (Å²) in [4.78, 5) is 42.0. The average molecular weight is 495 g/mol. The first kappa shape index (κ1) is 23.7. The van der Waals surface area contributed by atoms with Crippen molar-refractivity contribution in [3.8, 4) is 11.3 Å². The van der Waals surface area contributed by atoms with E-state index in [-0.39, 0.29) is 17.2 Å². The third kappa shape index (κ3) is 5.02. The second-order valence-electron chi connectivity index (χ2n) is 7.33. The molecule has 2 aromatic heterocycles. The molecule has 4 rings (SSSR count). The third-order valence-electron chi connectivity index (χ3n) is 4.96. The highest BCUT2D eigenvalue weighted by Gasteiger charge is 2.19. The Balaban J connectivity index is 1.56. The highest BCUT2D eigenvalue weighted by Crippen LogP contribution is 2.29. The molecule has 0 spiro atoms. The first-order valence-corrected chi connectivity index (χ1v) is 12.3. The zero-order chi connectivity index (χ0) is 24.1. The van der Waals surface area contributed by atoms with Crippen molar-refractivity contribution in [1.82, 2.24) is 13.9 Å². The minimum atomic E-state index is -0.443. The summed E-state index contributed by atoms with van der Waals surface area (Å²) in [7, 11) is 1.31. The second kappa shape index (κ2) is 10.6. The number of thioether (sulfide) groups is 1. The first-order valence-electron chi connectivity index (χ1n) is 10.6. The van der Waals surface area contributed by atoms with Crippen molar-refractivity contribution >= 4 is 51.1 Å². The quantitative estimate of drug-likeness (QED) is 0.219. The van der Waals surface area contributed by atoms with Crippen LogP contribution in [-0.4, -0.2) is 38.7 Å². The van der Waals surface area contributed by atoms with Crippen LogP contribution in [0.5, 0.6) is 0 Å². The van der Waals surface area contributed by atoms with E-state index in [9.17, 15) is 14.4 Å². The maximum Gasteiger partial charge on any atom is 0.337 e. The molecule has 1 N–H and O–H groups in total. The van der Waals surface area contributed by atoms with Gasteiger partial charge in [-0.3, -0.25) is 14.2 Å². The number of nitrogens with zero attached hydrogens (tertiary/aromatic N) is 3. The predicted molar refractivity (Wildman–Crippen MR) is 135 cm³/mol. The van der Waals surface area contributed by atoms with Crippen LogP contribution < -0.4 is 10.9 Å². The van der Waals surface area contributed by atoms with E-state index in [2.05, 4.69) is 14.4 Å². The van der Waals surface area contributed by atoms with E-state index in [1.165, 1.54) is 18.9 Å². The minimum absolute atomic E-state index is 0.0681. The number of hydrogen-bond acceptors (Lipinski definition) is 8. The van der Waals surface area contributed by atoms with Gasteiger partial charge in [0, 0.05) is 17.8 Å². The van der Waals surface area contributed by atoms with Gasteiger partial charge in [0.15, 0.2) is 5.16 Å². The lowest BCUT2D eigenvalue weighted by Crippen LogP contribution is -2.23. The number of carbonyl (C=O) groups excluding carboxylic acids is 2. The minimum Gasteiger partial charge on any atom is -0.465 e. The number of anilines is 1. The maximum absolute atomic E-state index is 13.2. The Bertz CT molecular complexity index is 1380. The van der Waals surface area contributed by atoms with Crippen LogP contribution in [0.15, 0.2) is 64.5 Å². The number of hydrogen-bond donors (Lipinski definition) is 1. The average Bonchev–Trinajstić information content (AvgIpc) is 3.29. The Morgan fingerprint density at radius 1 is 1.12 bits per heavy atom. The van der Waals surface area contributed by atoms with Crippen LogP contribution in [0.2, 0.25) is 0 Å². The maximum atomic E-state index is 13.2. The van der Waals surface area contributed by atoms with Gasteiger partial charge in [0.05, 0.1) is 18.4 Å². The number of ether oxygens (including phenoxy) is 1. The van der Waals surface area contributed by atoms with Crippen molar-refractivity contribution in [3.63, 3.8) is 0 Å². The lowest BCUT2D eigenvalue weighted by atomic mass is 10.1. The summed E-state index contributed by atoms with van der Waals surface area (Å²) in [6.07, 6.45) is 0.754. The summed E-state index contributed by atoms with van der Waals surface area (Å²) < 4.78 is 11.3. The van der Waals surface area contributed by atoms with E-state index in [1.54, 1.807) is 28.8 Å². The van der Waals surface area contributed by atoms with Crippen LogP contribution in [0, 0.1) is 0 Å². The third-order valence-corrected chi connectivity index (χ3v) is 6.76. The van der Waals surface area contributed by atoms with Crippen LogP contribution in [0.3, 0.4) is 0 Å². The summed E-state index contributed by atoms with van der Waals surface area (Å²) >= 11 is 2.35. The lowest BCUT2D eigenvalue weighted by Gasteiger charge is -2.11. The van der Waals surface area contributed by atoms with Gasteiger partial charge < -0.3 is 10.1 Å². The van der Waals surface area contributed by atoms with Crippen molar-refractivity contribution in [2.75, 3.05) is 18.2 Å². The number of aromatic nitrogens is 3. The molecular weight excluding hydrogens is 472 g/mol. The van der Waals surface area contributed by atoms with Gasteiger partial charge in [0.1, 0.15) is 15.9 Å². The van der Waals surface area contributed by atoms with Crippen molar-refractivity contribution in [3.05, 3.63) is 70.5 Å². The molecule has 10 heteroatoms. The predicted octanol–water partition coefficient (Wildman–Crippen LogP) is 4.45. The van der Waals surface area contributed by atoms with Crippen LogP contribution in [0.25, 0.3) is 21.5 Å². The Morgan fingerprint density at radius 2 is 1.85 bits per heavy atom. The normalized spacial score (nSPS) is 10.9. The van der Waals surface area contributed by atoms with Crippen LogP contribution in [0.1, 0.15) is 23.7 Å². The molecule has 0 fully saturated rings. The highest BCUT2D eigenvalue weighted by atomic mass is 32.2. The van der Waals surface area contributed by atoms with Crippen molar-refractivity contribution in [1.29, 1.82) is 0 Å². The molecule has 0 aliphatic rings. The van der Waals surface area contributed by atoms with Gasteiger partial charge in [-0.15, -0.1) is 0 Å². The molecule has 8 nitrogen and oxygen atoms in total. The monoisotopic (exact) mass is 494 g/mol. The topological polar surface area (TPSA) is 103 Å². The fraction of sp³-hybridized carbons (Fsp3) is 0.208. The molecule has 34 heavy (non-hydrogen) atoms. The number of methoxy groups -OCH3 is 1. The van der Waals surface area contributed by atoms with Gasteiger partial charge in [-0.25, -0.2) is 9.78 Å². The molecule has 0 aliphatic heterocycles. The molecule has 0 unspecified atom stereocenters. The number of esters is 1. The van der Waals surface area contributed by atoms with E-state index < -0.39 is 5.97 Å². The Morgan fingerprint density at radius 3 is 2.53 bits per heavy atom. The molecule has 1 amide bonds. The van der Waals surface area contributed by atoms with Crippen molar-refractivity contribution in [2.24, 2.45) is 0 Å². The summed E-state index contributed by atoms with van der Waals surface area (Å²) in [5, 5.41) is 3.27. The Hall–Kier alpha value is -3.50. The van der Waals surface area contributed by atoms with Gasteiger partial charge in [-0.1, -0.05) is 49.0 Å². The smallest absolute Gasteiger partial charge is 0.337 e. The van der Waals surface area contributed by atoms with E-state index in [4.69, 9.17) is 4.98 Å². The Labute approximate surface area is 204 Å². The zero-order valence-corrected chi connectivity index (χ0v) is 20.2. The number of nitrogens with one attached hydrogen (secondary N) is 1. The molecule has 2 aromatic carbocycles. The molecule has 2 heterocycles. The molecule has 0 saturated carbocycles. The van der Waals surface area contributed by atoms with Crippen molar-refractivity contribution < 1.29 is 14.3 Å². The molecular formula is C24H22N4O4S2. The number of amides is 1. The molecule has 0 atom stereocenters. The second-order valence-corrected chi connectivity index (χ2v) is 9.05. The van der Waals surface area contributed by atoms with E-state index in [1.807, 2.05) is 37.3 Å². The van der Waals surface area contributed by atoms with Crippen LogP contribution in [0.4, 0.5) is 5.69 Å². The lowest BCUT2D eigenvalue weighted by molar-refractivity contribution is -0.113. The molecule has 0 radical (unpaired) electrons. The number of fused-ring (bicyclic) bond motifs is 1. The summed E-state index contributed by atoms with van der Waals surface area (Å²) in [6.45, 7) is 2.48. The SMILES string of the molecule is CCCn1c(SCC(=O)Nc2ccc(C(=O)OC)cc2)nc2c(-c3ccccc3)nsc2c1=O. The molecule has 0 bridgehead atoms. The van der Waals surface area contributed by atoms with E-state index in [0.29, 0.717) is 38.9 Å². The van der Waals surface area contributed by atoms with E-state index in [0.717, 1.165) is 23.5 Å². The largest absolute Gasteiger partial charge is 0.465 e. The summed E-state index contributed by atoms with van der Waals surface area (Å²) in [5.41, 5.74) is 2.91. The molecule has 174 valence electrons. The van der Waals surface area contributed by atoms with Crippen molar-refractivity contribution in [2.45, 2.75) is 25.0 Å². The number of rotatable bonds is 8. The van der Waals surface area contributed by atoms with Gasteiger partial charge >= 0.3 is 5.97 Å². The van der Waals surface area contributed by atoms with Gasteiger partial charge in [0.2, 0.25) is 5.91 Å². The van der Waals surface area contributed by atoms with Gasteiger partial charge in [-0.2, -0.15) is 4.37 Å². The van der Waals surface area contributed by atoms with E-state index >= 15 is 0 Å². The first-order chi connectivity index (χ1) is 16.5. The summed E-state index contributed by atoms with van der Waals surface area (Å²) in [5.74, 6) is -0.625. The molecule has 0 aliphatic carbocycles. The fourth-order valence-electron chi connectivity index (χ4n) is 3.35. The molecule has 0 saturated heterocycles. The highest BCUT2D eigenvalue weighted by molar-refractivity contribution is 7.99. The van der Waals surface area contributed by atoms with Crippen LogP contribution in [-0.2, 0) is 16.1 Å². The van der Waals surface area contributed by atoms with Gasteiger partial charge in [0.25, 0.3) is 5.56 Å². The van der Waals surface area contributed by atoms with Crippen LogP contribution >= 0.6 is 23.3 Å². The fourth-order valence-corrected chi connectivity index (χ4v) is 4.96. The van der Waals surface area contributed by atoms with Gasteiger partial charge in [-0.05, 0) is 42.2 Å².